The van der Waals surface area contributed by atoms with Gasteiger partial charge < -0.3 is 10.5 Å². The van der Waals surface area contributed by atoms with Crippen LogP contribution in [0.4, 0.5) is 0 Å². The Morgan fingerprint density at radius 1 is 1.04 bits per heavy atom. The molecule has 0 fully saturated rings. The van der Waals surface area contributed by atoms with Gasteiger partial charge in [-0.1, -0.05) is 54.6 Å². The van der Waals surface area contributed by atoms with Gasteiger partial charge in [0, 0.05) is 5.56 Å². The van der Waals surface area contributed by atoms with Crippen molar-refractivity contribution < 1.29 is 4.74 Å². The fourth-order valence-electron chi connectivity index (χ4n) is 2.46. The van der Waals surface area contributed by atoms with Crippen molar-refractivity contribution in [2.45, 2.75) is 6.61 Å². The Bertz CT molecular complexity index is 887. The van der Waals surface area contributed by atoms with Gasteiger partial charge in [-0.05, 0) is 40.7 Å². The molecule has 0 saturated carbocycles. The van der Waals surface area contributed by atoms with Crippen LogP contribution < -0.4 is 15.9 Å². The van der Waals surface area contributed by atoms with E-state index in [2.05, 4.69) is 34.8 Å². The number of nitrogens with two attached hydrogens (primary N) is 1. The van der Waals surface area contributed by atoms with Gasteiger partial charge in [0.1, 0.15) is 12.4 Å². The number of hydrogen-bond donors (Lipinski definition) is 2. The monoisotopic (exact) mass is 335 g/mol. The van der Waals surface area contributed by atoms with Gasteiger partial charge in [0.2, 0.25) is 0 Å². The van der Waals surface area contributed by atoms with Crippen LogP contribution in [0.15, 0.2) is 71.8 Å². The highest BCUT2D eigenvalue weighted by Gasteiger charge is 2.04. The van der Waals surface area contributed by atoms with Crippen molar-refractivity contribution in [1.82, 2.24) is 5.43 Å². The molecule has 0 unspecified atom stereocenters. The van der Waals surface area contributed by atoms with Gasteiger partial charge in [0.15, 0.2) is 5.11 Å². The lowest BCUT2D eigenvalue weighted by atomic mass is 10.1. The van der Waals surface area contributed by atoms with Crippen LogP contribution in [0.3, 0.4) is 0 Å². The minimum atomic E-state index is 0.125. The van der Waals surface area contributed by atoms with E-state index in [9.17, 15) is 0 Å². The zero-order chi connectivity index (χ0) is 16.8. The first-order chi connectivity index (χ1) is 11.7. The molecule has 0 aliphatic carbocycles. The summed E-state index contributed by atoms with van der Waals surface area (Å²) >= 11 is 4.73. The zero-order valence-corrected chi connectivity index (χ0v) is 13.8. The number of fused-ring (bicyclic) bond motifs is 1. The third-order valence-electron chi connectivity index (χ3n) is 3.56. The van der Waals surface area contributed by atoms with Crippen LogP contribution in [-0.4, -0.2) is 11.3 Å². The van der Waals surface area contributed by atoms with Gasteiger partial charge in [-0.15, -0.1) is 0 Å². The lowest BCUT2D eigenvalue weighted by Gasteiger charge is -2.11. The van der Waals surface area contributed by atoms with E-state index in [0.29, 0.717) is 6.61 Å². The molecule has 0 radical (unpaired) electrons. The number of hydrazone groups is 1. The minimum absolute atomic E-state index is 0.125. The number of hydrogen-bond acceptors (Lipinski definition) is 3. The van der Waals surface area contributed by atoms with Gasteiger partial charge in [0.05, 0.1) is 6.21 Å². The number of rotatable bonds is 5. The molecule has 0 saturated heterocycles. The highest BCUT2D eigenvalue weighted by molar-refractivity contribution is 7.80. The molecule has 0 atom stereocenters. The van der Waals surface area contributed by atoms with Crippen LogP contribution in [0.5, 0.6) is 5.75 Å². The van der Waals surface area contributed by atoms with Crippen molar-refractivity contribution >= 4 is 34.3 Å². The molecule has 3 aromatic rings. The molecule has 0 heterocycles. The SMILES string of the molecule is NC(=S)N/N=C\c1ccccc1OCc1cccc2ccccc12. The topological polar surface area (TPSA) is 59.6 Å². The number of nitrogens with zero attached hydrogens (tertiary/aromatic N) is 1. The summed E-state index contributed by atoms with van der Waals surface area (Å²) in [5.41, 5.74) is 9.89. The molecule has 4 nitrogen and oxygen atoms in total. The Balaban J connectivity index is 1.79. The summed E-state index contributed by atoms with van der Waals surface area (Å²) in [5.74, 6) is 0.749. The molecule has 0 spiro atoms. The fourth-order valence-corrected chi connectivity index (χ4v) is 2.51. The Kier molecular flexibility index (Phi) is 5.03. The third kappa shape index (κ3) is 3.88. The van der Waals surface area contributed by atoms with E-state index >= 15 is 0 Å². The highest BCUT2D eigenvalue weighted by atomic mass is 32.1. The first-order valence-electron chi connectivity index (χ1n) is 7.51. The fraction of sp³-hybridized carbons (Fsp3) is 0.0526. The first-order valence-corrected chi connectivity index (χ1v) is 7.92. The first kappa shape index (κ1) is 16.0. The van der Waals surface area contributed by atoms with Crippen LogP contribution >= 0.6 is 12.2 Å². The molecular weight excluding hydrogens is 318 g/mol. The molecular formula is C19H17N3OS. The molecule has 0 bridgehead atoms. The Morgan fingerprint density at radius 2 is 1.79 bits per heavy atom. The lowest BCUT2D eigenvalue weighted by molar-refractivity contribution is 0.307. The normalized spacial score (nSPS) is 10.8. The van der Waals surface area contributed by atoms with E-state index in [1.807, 2.05) is 42.5 Å². The smallest absolute Gasteiger partial charge is 0.184 e. The standard InChI is InChI=1S/C19H17N3OS/c20-19(24)22-21-12-15-7-2-4-11-18(15)23-13-16-9-5-8-14-6-1-3-10-17(14)16/h1-12H,13H2,(H3,20,22,24)/b21-12-. The molecule has 24 heavy (non-hydrogen) atoms. The number of benzene rings is 3. The summed E-state index contributed by atoms with van der Waals surface area (Å²) in [6.07, 6.45) is 1.64. The Morgan fingerprint density at radius 3 is 2.67 bits per heavy atom. The highest BCUT2D eigenvalue weighted by Crippen LogP contribution is 2.22. The van der Waals surface area contributed by atoms with Crippen LogP contribution in [0.25, 0.3) is 10.8 Å². The van der Waals surface area contributed by atoms with Crippen molar-refractivity contribution in [3.8, 4) is 5.75 Å². The predicted octanol–water partition coefficient (Wildman–Crippen LogP) is 3.59. The Labute approximate surface area is 145 Å². The number of nitrogens with one attached hydrogen (secondary N) is 1. The number of para-hydroxylation sites is 1. The molecule has 0 aliphatic rings. The predicted molar refractivity (Wildman–Crippen MR) is 102 cm³/mol. The maximum absolute atomic E-state index is 6.01. The second kappa shape index (κ2) is 7.57. The third-order valence-corrected chi connectivity index (χ3v) is 3.65. The maximum Gasteiger partial charge on any atom is 0.184 e. The van der Waals surface area contributed by atoms with Crippen molar-refractivity contribution in [3.05, 3.63) is 77.9 Å². The summed E-state index contributed by atoms with van der Waals surface area (Å²) in [7, 11) is 0. The van der Waals surface area contributed by atoms with Gasteiger partial charge in [-0.2, -0.15) is 5.10 Å². The molecule has 120 valence electrons. The molecule has 0 aromatic heterocycles. The zero-order valence-electron chi connectivity index (χ0n) is 13.0. The van der Waals surface area contributed by atoms with Crippen molar-refractivity contribution in [2.24, 2.45) is 10.8 Å². The lowest BCUT2D eigenvalue weighted by Crippen LogP contribution is -2.24. The molecule has 0 amide bonds. The average Bonchev–Trinajstić information content (AvgIpc) is 2.60. The summed E-state index contributed by atoms with van der Waals surface area (Å²) in [4.78, 5) is 0. The van der Waals surface area contributed by atoms with Crippen molar-refractivity contribution in [2.75, 3.05) is 0 Å². The van der Waals surface area contributed by atoms with E-state index in [1.54, 1.807) is 6.21 Å². The van der Waals surface area contributed by atoms with E-state index in [1.165, 1.54) is 10.8 Å². The summed E-state index contributed by atoms with van der Waals surface area (Å²) in [6.45, 7) is 0.481. The van der Waals surface area contributed by atoms with Crippen LogP contribution in [0.1, 0.15) is 11.1 Å². The van der Waals surface area contributed by atoms with Gasteiger partial charge >= 0.3 is 0 Å². The summed E-state index contributed by atoms with van der Waals surface area (Å²) < 4.78 is 6.01. The molecule has 3 N–H and O–H groups in total. The minimum Gasteiger partial charge on any atom is -0.488 e. The van der Waals surface area contributed by atoms with Gasteiger partial charge in [-0.25, -0.2) is 0 Å². The summed E-state index contributed by atoms with van der Waals surface area (Å²) in [6, 6.07) is 22.2. The van der Waals surface area contributed by atoms with E-state index in [-0.39, 0.29) is 5.11 Å². The molecule has 3 rings (SSSR count). The van der Waals surface area contributed by atoms with Crippen LogP contribution in [-0.2, 0) is 6.61 Å². The molecule has 3 aromatic carbocycles. The van der Waals surface area contributed by atoms with Crippen LogP contribution in [0.2, 0.25) is 0 Å². The van der Waals surface area contributed by atoms with E-state index < -0.39 is 0 Å². The van der Waals surface area contributed by atoms with Crippen LogP contribution in [0, 0.1) is 0 Å². The Hall–Kier alpha value is -2.92. The molecule has 0 aliphatic heterocycles. The quantitative estimate of drug-likeness (QED) is 0.425. The largest absolute Gasteiger partial charge is 0.488 e. The summed E-state index contributed by atoms with van der Waals surface area (Å²) in [5, 5.41) is 6.51. The van der Waals surface area contributed by atoms with E-state index in [4.69, 9.17) is 22.7 Å². The number of ether oxygens (including phenoxy) is 1. The maximum atomic E-state index is 6.01. The second-order valence-electron chi connectivity index (χ2n) is 5.20. The van der Waals surface area contributed by atoms with Crippen molar-refractivity contribution in [1.29, 1.82) is 0 Å². The second-order valence-corrected chi connectivity index (χ2v) is 5.64. The van der Waals surface area contributed by atoms with Gasteiger partial charge in [0.25, 0.3) is 0 Å². The van der Waals surface area contributed by atoms with Gasteiger partial charge in [-0.3, -0.25) is 5.43 Å². The average molecular weight is 335 g/mol. The van der Waals surface area contributed by atoms with E-state index in [0.717, 1.165) is 16.9 Å². The number of thiocarbonyl (C=S) groups is 1. The van der Waals surface area contributed by atoms with Crippen molar-refractivity contribution in [3.63, 3.8) is 0 Å². The molecule has 5 heteroatoms.